The zero-order chi connectivity index (χ0) is 17.1. The Morgan fingerprint density at radius 2 is 2.04 bits per heavy atom. The molecule has 0 radical (unpaired) electrons. The molecule has 0 aliphatic heterocycles. The summed E-state index contributed by atoms with van der Waals surface area (Å²) < 4.78 is 5.43. The summed E-state index contributed by atoms with van der Waals surface area (Å²) in [6.45, 7) is 7.14. The number of methoxy groups -OCH3 is 1. The average Bonchev–Trinajstić information content (AvgIpc) is 2.81. The lowest BCUT2D eigenvalue weighted by atomic mass is 9.51. The summed E-state index contributed by atoms with van der Waals surface area (Å²) in [6.07, 6.45) is 6.89. The topological polar surface area (TPSA) is 29.5 Å². The lowest BCUT2D eigenvalue weighted by molar-refractivity contribution is -0.0442. The molecule has 0 amide bonds. The molecule has 0 aromatic heterocycles. The fraction of sp³-hybridized carbons (Fsp3) is 0.727. The number of ether oxygens (including phenoxy) is 1. The monoisotopic (exact) mass is 328 g/mol. The van der Waals surface area contributed by atoms with Crippen LogP contribution in [0.1, 0.15) is 69.9 Å². The van der Waals surface area contributed by atoms with E-state index in [9.17, 15) is 5.11 Å². The maximum absolute atomic E-state index is 10.9. The van der Waals surface area contributed by atoms with E-state index in [1.165, 1.54) is 31.2 Å². The van der Waals surface area contributed by atoms with Gasteiger partial charge in [-0.15, -0.1) is 0 Å². The minimum Gasteiger partial charge on any atom is -0.497 e. The summed E-state index contributed by atoms with van der Waals surface area (Å²) in [7, 11) is 1.76. The highest BCUT2D eigenvalue weighted by Gasteiger charge is 2.62. The van der Waals surface area contributed by atoms with Crippen molar-refractivity contribution in [3.8, 4) is 5.75 Å². The van der Waals surface area contributed by atoms with E-state index in [0.29, 0.717) is 17.3 Å². The third kappa shape index (κ3) is 2.11. The van der Waals surface area contributed by atoms with Crippen molar-refractivity contribution in [2.24, 2.45) is 22.7 Å². The normalized spacial score (nSPS) is 43.7. The standard InChI is InChI=1S/C22H32O2/c1-5-21(2)13-19(23)22(3)11-10-17-16-9-7-15(24-4)12-14(16)6-8-18(17)20(21)22/h7,9,12,17-20,23H,5-6,8,10-11,13H2,1-4H3/t17-,18-,19+,20-,21-,22-/m1/s1. The van der Waals surface area contributed by atoms with E-state index in [1.807, 2.05) is 0 Å². The van der Waals surface area contributed by atoms with Gasteiger partial charge in [-0.2, -0.15) is 0 Å². The van der Waals surface area contributed by atoms with E-state index in [2.05, 4.69) is 39.0 Å². The summed E-state index contributed by atoms with van der Waals surface area (Å²) in [5.41, 5.74) is 3.47. The minimum absolute atomic E-state index is 0.120. The van der Waals surface area contributed by atoms with Gasteiger partial charge in [-0.3, -0.25) is 0 Å². The number of aliphatic hydroxyl groups is 1. The third-order valence-electron chi connectivity index (χ3n) is 8.13. The molecule has 3 aliphatic rings. The predicted octanol–water partition coefficient (Wildman–Crippen LogP) is 4.94. The Balaban J connectivity index is 1.74. The first-order valence-electron chi connectivity index (χ1n) is 9.78. The van der Waals surface area contributed by atoms with Crippen LogP contribution in [0, 0.1) is 22.7 Å². The van der Waals surface area contributed by atoms with Crippen LogP contribution in [-0.4, -0.2) is 18.3 Å². The Labute approximate surface area is 146 Å². The quantitative estimate of drug-likeness (QED) is 0.833. The van der Waals surface area contributed by atoms with Gasteiger partial charge >= 0.3 is 0 Å². The lowest BCUT2D eigenvalue weighted by Crippen LogP contribution is -2.47. The van der Waals surface area contributed by atoms with E-state index in [1.54, 1.807) is 12.7 Å². The highest BCUT2D eigenvalue weighted by Crippen LogP contribution is 2.67. The molecule has 1 aromatic carbocycles. The van der Waals surface area contributed by atoms with E-state index in [-0.39, 0.29) is 11.5 Å². The van der Waals surface area contributed by atoms with Crippen molar-refractivity contribution in [1.29, 1.82) is 0 Å². The van der Waals surface area contributed by atoms with Crippen LogP contribution in [0.25, 0.3) is 0 Å². The summed E-state index contributed by atoms with van der Waals surface area (Å²) in [6, 6.07) is 6.71. The van der Waals surface area contributed by atoms with Gasteiger partial charge in [0.2, 0.25) is 0 Å². The van der Waals surface area contributed by atoms with E-state index < -0.39 is 0 Å². The zero-order valence-electron chi connectivity index (χ0n) is 15.6. The third-order valence-corrected chi connectivity index (χ3v) is 8.13. The van der Waals surface area contributed by atoms with Gasteiger partial charge in [0.25, 0.3) is 0 Å². The molecule has 2 fully saturated rings. The van der Waals surface area contributed by atoms with Crippen LogP contribution < -0.4 is 4.74 Å². The maximum atomic E-state index is 10.9. The second kappa shape index (κ2) is 5.49. The molecule has 6 atom stereocenters. The maximum Gasteiger partial charge on any atom is 0.119 e. The van der Waals surface area contributed by atoms with Gasteiger partial charge < -0.3 is 9.84 Å². The number of fused-ring (bicyclic) bond motifs is 5. The van der Waals surface area contributed by atoms with Gasteiger partial charge in [-0.1, -0.05) is 33.3 Å². The first kappa shape index (κ1) is 16.4. The number of rotatable bonds is 2. The smallest absolute Gasteiger partial charge is 0.119 e. The molecule has 0 heterocycles. The molecule has 0 unspecified atom stereocenters. The Bertz CT molecular complexity index is 639. The predicted molar refractivity (Wildman–Crippen MR) is 97.4 cm³/mol. The number of hydrogen-bond acceptors (Lipinski definition) is 2. The fourth-order valence-corrected chi connectivity index (χ4v) is 6.77. The molecule has 2 saturated carbocycles. The van der Waals surface area contributed by atoms with Gasteiger partial charge in [0.05, 0.1) is 13.2 Å². The van der Waals surface area contributed by atoms with Crippen LogP contribution in [0.2, 0.25) is 0 Å². The van der Waals surface area contributed by atoms with Crippen molar-refractivity contribution in [3.63, 3.8) is 0 Å². The molecule has 2 heteroatoms. The van der Waals surface area contributed by atoms with Crippen molar-refractivity contribution >= 4 is 0 Å². The molecule has 24 heavy (non-hydrogen) atoms. The Hall–Kier alpha value is -1.02. The molecule has 1 aromatic rings. The van der Waals surface area contributed by atoms with Crippen molar-refractivity contribution < 1.29 is 9.84 Å². The van der Waals surface area contributed by atoms with Crippen molar-refractivity contribution in [2.45, 2.75) is 71.3 Å². The number of aliphatic hydroxyl groups excluding tert-OH is 1. The van der Waals surface area contributed by atoms with Crippen LogP contribution in [0.4, 0.5) is 0 Å². The number of benzene rings is 1. The van der Waals surface area contributed by atoms with Crippen molar-refractivity contribution in [3.05, 3.63) is 29.3 Å². The molecule has 2 nitrogen and oxygen atoms in total. The van der Waals surface area contributed by atoms with Crippen LogP contribution >= 0.6 is 0 Å². The molecule has 1 N–H and O–H groups in total. The molecular weight excluding hydrogens is 296 g/mol. The molecule has 132 valence electrons. The molecule has 4 rings (SSSR count). The first-order chi connectivity index (χ1) is 11.4. The molecule has 0 bridgehead atoms. The van der Waals surface area contributed by atoms with E-state index >= 15 is 0 Å². The zero-order valence-corrected chi connectivity index (χ0v) is 15.6. The lowest BCUT2D eigenvalue weighted by Gasteiger charge is -2.53. The first-order valence-corrected chi connectivity index (χ1v) is 9.78. The summed E-state index contributed by atoms with van der Waals surface area (Å²) >= 11 is 0. The Morgan fingerprint density at radius 3 is 2.75 bits per heavy atom. The van der Waals surface area contributed by atoms with Gasteiger partial charge in [-0.05, 0) is 83.9 Å². The summed E-state index contributed by atoms with van der Waals surface area (Å²) in [5.74, 6) is 3.04. The second-order valence-electron chi connectivity index (χ2n) is 9.12. The highest BCUT2D eigenvalue weighted by atomic mass is 16.5. The molecule has 3 aliphatic carbocycles. The van der Waals surface area contributed by atoms with Gasteiger partial charge in [-0.25, -0.2) is 0 Å². The fourth-order valence-electron chi connectivity index (χ4n) is 6.77. The van der Waals surface area contributed by atoms with Gasteiger partial charge in [0.1, 0.15) is 5.75 Å². The largest absolute Gasteiger partial charge is 0.497 e. The van der Waals surface area contributed by atoms with Crippen LogP contribution in [0.5, 0.6) is 5.75 Å². The SMILES string of the molecule is CC[C@]1(C)C[C@H](O)[C@@]2(C)CC[C@@H]3c4ccc(OC)cc4CC[C@H]3[C@H]12. The van der Waals surface area contributed by atoms with E-state index in [4.69, 9.17) is 4.74 Å². The highest BCUT2D eigenvalue weighted by molar-refractivity contribution is 5.41. The van der Waals surface area contributed by atoms with Crippen molar-refractivity contribution in [1.82, 2.24) is 0 Å². The second-order valence-corrected chi connectivity index (χ2v) is 9.12. The Kier molecular flexibility index (Phi) is 3.76. The molecule has 0 saturated heterocycles. The Morgan fingerprint density at radius 1 is 1.25 bits per heavy atom. The average molecular weight is 328 g/mol. The minimum atomic E-state index is -0.120. The van der Waals surface area contributed by atoms with Crippen LogP contribution in [0.15, 0.2) is 18.2 Å². The number of hydrogen-bond donors (Lipinski definition) is 1. The number of aryl methyl sites for hydroxylation is 1. The van der Waals surface area contributed by atoms with Crippen LogP contribution in [-0.2, 0) is 6.42 Å². The molecule has 0 spiro atoms. The van der Waals surface area contributed by atoms with Crippen LogP contribution in [0.3, 0.4) is 0 Å². The summed E-state index contributed by atoms with van der Waals surface area (Å²) in [4.78, 5) is 0. The van der Waals surface area contributed by atoms with Gasteiger partial charge in [0, 0.05) is 0 Å². The van der Waals surface area contributed by atoms with E-state index in [0.717, 1.165) is 24.5 Å². The summed E-state index contributed by atoms with van der Waals surface area (Å²) in [5, 5.41) is 10.9. The molecular formula is C22H32O2. The van der Waals surface area contributed by atoms with Gasteiger partial charge in [0.15, 0.2) is 0 Å². The van der Waals surface area contributed by atoms with Crippen molar-refractivity contribution in [2.75, 3.05) is 7.11 Å².